The minimum Gasteiger partial charge on any atom is -0.489 e. The largest absolute Gasteiger partial charge is 0.489 e. The third-order valence-corrected chi connectivity index (χ3v) is 8.45. The number of rotatable bonds is 6. The summed E-state index contributed by atoms with van der Waals surface area (Å²) < 4.78 is 7.61. The molecular formula is C30H34ClN3O2. The second-order valence-electron chi connectivity index (χ2n) is 10.7. The summed E-state index contributed by atoms with van der Waals surface area (Å²) in [4.78, 5) is 15.6. The first-order chi connectivity index (χ1) is 17.6. The van der Waals surface area contributed by atoms with E-state index < -0.39 is 0 Å². The minimum absolute atomic E-state index is 0.0454. The summed E-state index contributed by atoms with van der Waals surface area (Å²) in [6.07, 6.45) is 12.0. The van der Waals surface area contributed by atoms with E-state index in [-0.39, 0.29) is 5.56 Å². The molecule has 0 radical (unpaired) electrons. The van der Waals surface area contributed by atoms with Gasteiger partial charge in [-0.05, 0) is 98.0 Å². The van der Waals surface area contributed by atoms with E-state index in [0.29, 0.717) is 17.4 Å². The highest BCUT2D eigenvalue weighted by Gasteiger charge is 2.34. The van der Waals surface area contributed by atoms with Gasteiger partial charge in [-0.25, -0.2) is 0 Å². The fourth-order valence-electron chi connectivity index (χ4n) is 6.24. The van der Waals surface area contributed by atoms with Crippen molar-refractivity contribution in [3.63, 3.8) is 0 Å². The van der Waals surface area contributed by atoms with Crippen molar-refractivity contribution in [3.8, 4) is 5.75 Å². The third-order valence-electron chi connectivity index (χ3n) is 8.19. The van der Waals surface area contributed by atoms with Gasteiger partial charge in [0.2, 0.25) is 0 Å². The van der Waals surface area contributed by atoms with Crippen LogP contribution in [0.3, 0.4) is 0 Å². The smallest absolute Gasteiger partial charge is 0.258 e. The molecule has 2 saturated heterocycles. The number of allylic oxidation sites excluding steroid dienone is 5. The lowest BCUT2D eigenvalue weighted by Crippen LogP contribution is -2.35. The third kappa shape index (κ3) is 5.24. The average Bonchev–Trinajstić information content (AvgIpc) is 3.30. The number of pyridine rings is 1. The van der Waals surface area contributed by atoms with Crippen molar-refractivity contribution in [2.45, 2.75) is 38.7 Å². The molecule has 3 heterocycles. The average molecular weight is 504 g/mol. The maximum atomic E-state index is 12.9. The van der Waals surface area contributed by atoms with Crippen LogP contribution in [-0.4, -0.2) is 42.2 Å². The number of halogens is 1. The molecule has 36 heavy (non-hydrogen) atoms. The lowest BCUT2D eigenvalue weighted by atomic mass is 9.85. The highest BCUT2D eigenvalue weighted by Crippen LogP contribution is 2.36. The molecule has 4 aliphatic rings. The molecule has 1 N–H and O–H groups in total. The van der Waals surface area contributed by atoms with Crippen LogP contribution < -0.4 is 15.6 Å². The fraction of sp³-hybridized carbons (Fsp3) is 0.433. The zero-order valence-corrected chi connectivity index (χ0v) is 21.5. The van der Waals surface area contributed by atoms with Crippen LogP contribution in [0.25, 0.3) is 5.70 Å². The number of ether oxygens (including phenoxy) is 1. The minimum atomic E-state index is -0.0454. The summed E-state index contributed by atoms with van der Waals surface area (Å²) in [5.74, 6) is 2.31. The summed E-state index contributed by atoms with van der Waals surface area (Å²) in [5.41, 5.74) is 6.50. The Balaban J connectivity index is 1.11. The van der Waals surface area contributed by atoms with Crippen LogP contribution in [-0.2, 0) is 6.61 Å². The summed E-state index contributed by atoms with van der Waals surface area (Å²) >= 11 is 5.95. The molecule has 2 fully saturated rings. The summed E-state index contributed by atoms with van der Waals surface area (Å²) in [6.45, 7) is 6.42. The first-order valence-corrected chi connectivity index (χ1v) is 13.6. The first kappa shape index (κ1) is 23.8. The fourth-order valence-corrected chi connectivity index (χ4v) is 6.36. The topological polar surface area (TPSA) is 46.5 Å². The number of nitrogens with one attached hydrogen (secondary N) is 1. The zero-order chi connectivity index (χ0) is 24.5. The van der Waals surface area contributed by atoms with E-state index >= 15 is 0 Å². The van der Waals surface area contributed by atoms with Crippen molar-refractivity contribution in [2.75, 3.05) is 32.7 Å². The van der Waals surface area contributed by atoms with Gasteiger partial charge >= 0.3 is 0 Å². The Kier molecular flexibility index (Phi) is 6.87. The molecule has 2 unspecified atom stereocenters. The van der Waals surface area contributed by atoms with Crippen LogP contribution in [0.15, 0.2) is 76.3 Å². The van der Waals surface area contributed by atoms with E-state index in [9.17, 15) is 4.79 Å². The number of piperidine rings is 1. The number of hydrogen-bond donors (Lipinski definition) is 1. The zero-order valence-electron chi connectivity index (χ0n) is 20.7. The second kappa shape index (κ2) is 10.4. The molecule has 188 valence electrons. The van der Waals surface area contributed by atoms with Gasteiger partial charge in [-0.2, -0.15) is 0 Å². The molecule has 1 aromatic carbocycles. The van der Waals surface area contributed by atoms with E-state index in [0.717, 1.165) is 55.3 Å². The molecular weight excluding hydrogens is 470 g/mol. The highest BCUT2D eigenvalue weighted by atomic mass is 35.5. The normalized spacial score (nSPS) is 24.1. The Labute approximate surface area is 218 Å². The Bertz CT molecular complexity index is 1260. The van der Waals surface area contributed by atoms with Gasteiger partial charge in [-0.1, -0.05) is 35.4 Å². The monoisotopic (exact) mass is 503 g/mol. The predicted molar refractivity (Wildman–Crippen MR) is 145 cm³/mol. The summed E-state index contributed by atoms with van der Waals surface area (Å²) in [7, 11) is 0. The Morgan fingerprint density at radius 3 is 2.61 bits per heavy atom. The molecule has 0 bridgehead atoms. The molecule has 0 spiro atoms. The molecule has 2 atom stereocenters. The molecule has 1 aromatic heterocycles. The Morgan fingerprint density at radius 2 is 1.78 bits per heavy atom. The summed E-state index contributed by atoms with van der Waals surface area (Å²) in [5, 5.41) is 4.27. The van der Waals surface area contributed by atoms with Crippen LogP contribution in [0.2, 0.25) is 5.02 Å². The SMILES string of the molecule is O=c1cc(OCc2ccc(Cl)cc2)ccn1C1=CC2=C(C=C(CN3CC4CCNCC4C3)CC2)CC1. The predicted octanol–water partition coefficient (Wildman–Crippen LogP) is 5.27. The number of benzene rings is 1. The number of nitrogens with zero attached hydrogens (tertiary/aromatic N) is 2. The van der Waals surface area contributed by atoms with Gasteiger partial charge < -0.3 is 10.1 Å². The molecule has 6 heteroatoms. The Hall–Kier alpha value is -2.60. The van der Waals surface area contributed by atoms with Crippen molar-refractivity contribution >= 4 is 17.3 Å². The van der Waals surface area contributed by atoms with Crippen molar-refractivity contribution in [3.05, 3.63) is 92.4 Å². The number of aromatic nitrogens is 1. The second-order valence-corrected chi connectivity index (χ2v) is 11.1. The van der Waals surface area contributed by atoms with E-state index in [1.54, 1.807) is 16.2 Å². The number of hydrogen-bond acceptors (Lipinski definition) is 4. The van der Waals surface area contributed by atoms with Crippen molar-refractivity contribution < 1.29 is 4.74 Å². The first-order valence-electron chi connectivity index (χ1n) is 13.3. The van der Waals surface area contributed by atoms with Gasteiger partial charge in [-0.15, -0.1) is 0 Å². The quantitative estimate of drug-likeness (QED) is 0.583. The lowest BCUT2D eigenvalue weighted by Gasteiger charge is -2.26. The van der Waals surface area contributed by atoms with E-state index in [4.69, 9.17) is 16.3 Å². The molecule has 0 amide bonds. The maximum Gasteiger partial charge on any atom is 0.258 e. The maximum absolute atomic E-state index is 12.9. The van der Waals surface area contributed by atoms with Crippen LogP contribution >= 0.6 is 11.6 Å². The summed E-state index contributed by atoms with van der Waals surface area (Å²) in [6, 6.07) is 11.0. The molecule has 2 aromatic rings. The van der Waals surface area contributed by atoms with Gasteiger partial charge in [0.25, 0.3) is 5.56 Å². The van der Waals surface area contributed by atoms with Crippen molar-refractivity contribution in [1.29, 1.82) is 0 Å². The van der Waals surface area contributed by atoms with Gasteiger partial charge in [0, 0.05) is 42.6 Å². The van der Waals surface area contributed by atoms with Crippen LogP contribution in [0.1, 0.15) is 37.7 Å². The van der Waals surface area contributed by atoms with Crippen LogP contribution in [0.5, 0.6) is 5.75 Å². The van der Waals surface area contributed by atoms with Gasteiger partial charge in [0.1, 0.15) is 12.4 Å². The molecule has 6 rings (SSSR count). The van der Waals surface area contributed by atoms with Crippen LogP contribution in [0.4, 0.5) is 0 Å². The number of likely N-dealkylation sites (tertiary alicyclic amines) is 1. The van der Waals surface area contributed by atoms with Crippen molar-refractivity contribution in [1.82, 2.24) is 14.8 Å². The van der Waals surface area contributed by atoms with E-state index in [2.05, 4.69) is 22.4 Å². The van der Waals surface area contributed by atoms with E-state index in [1.807, 2.05) is 36.5 Å². The molecule has 0 saturated carbocycles. The van der Waals surface area contributed by atoms with Gasteiger partial charge in [0.05, 0.1) is 0 Å². The number of fused-ring (bicyclic) bond motifs is 1. The van der Waals surface area contributed by atoms with Crippen LogP contribution in [0, 0.1) is 11.8 Å². The molecule has 5 nitrogen and oxygen atoms in total. The molecule has 2 aliphatic heterocycles. The Morgan fingerprint density at radius 1 is 0.972 bits per heavy atom. The van der Waals surface area contributed by atoms with E-state index in [1.165, 1.54) is 43.7 Å². The van der Waals surface area contributed by atoms with Gasteiger partial charge in [0.15, 0.2) is 0 Å². The molecule has 2 aliphatic carbocycles. The highest BCUT2D eigenvalue weighted by molar-refractivity contribution is 6.30. The van der Waals surface area contributed by atoms with Gasteiger partial charge in [-0.3, -0.25) is 14.3 Å². The van der Waals surface area contributed by atoms with Crippen molar-refractivity contribution in [2.24, 2.45) is 11.8 Å². The standard InChI is InChI=1S/C30H34ClN3O2/c31-27-6-2-21(3-7-27)20-36-29-10-12-34(30(35)15-29)28-8-5-23-13-22(1-4-24(23)14-28)17-33-18-25-9-11-32-16-26(25)19-33/h2-3,6-7,10,12-15,25-26,32H,1,4-5,8-9,11,16-20H2. The lowest BCUT2D eigenvalue weighted by molar-refractivity contribution is 0.305.